The molecule has 2 heteroatoms. The van der Waals surface area contributed by atoms with Gasteiger partial charge in [-0.05, 0) is 50.4 Å². The molecule has 0 radical (unpaired) electrons. The number of benzene rings is 1. The molecule has 0 N–H and O–H groups in total. The number of hydrogen-bond donors (Lipinski definition) is 0. The van der Waals surface area contributed by atoms with Gasteiger partial charge in [0.15, 0.2) is 0 Å². The standard InChI is InChI=1S/C21H35NO/c1-2-3-4-5-6-8-13-20-14-9-10-15-21(20)23-19-18-22-16-11-7-12-17-22/h9-10,14-15H,2-8,11-13,16-19H2,1H3. The second-order valence-corrected chi connectivity index (χ2v) is 6.88. The number of ether oxygens (including phenoxy) is 1. The Morgan fingerprint density at radius 3 is 2.48 bits per heavy atom. The first-order valence-corrected chi connectivity index (χ1v) is 9.83. The fraction of sp³-hybridized carbons (Fsp3) is 0.714. The van der Waals surface area contributed by atoms with Gasteiger partial charge in [0.05, 0.1) is 0 Å². The van der Waals surface area contributed by atoms with E-state index in [1.54, 1.807) is 0 Å². The highest BCUT2D eigenvalue weighted by Crippen LogP contribution is 2.21. The van der Waals surface area contributed by atoms with Crippen LogP contribution in [-0.4, -0.2) is 31.1 Å². The zero-order chi connectivity index (χ0) is 16.2. The monoisotopic (exact) mass is 317 g/mol. The average Bonchev–Trinajstić information content (AvgIpc) is 2.60. The molecule has 0 aromatic heterocycles. The summed E-state index contributed by atoms with van der Waals surface area (Å²) in [6.45, 7) is 6.68. The van der Waals surface area contributed by atoms with Gasteiger partial charge in [-0.3, -0.25) is 4.90 Å². The quantitative estimate of drug-likeness (QED) is 0.503. The van der Waals surface area contributed by atoms with Crippen LogP contribution in [0.4, 0.5) is 0 Å². The second-order valence-electron chi connectivity index (χ2n) is 6.88. The van der Waals surface area contributed by atoms with E-state index in [2.05, 4.69) is 36.1 Å². The van der Waals surface area contributed by atoms with Gasteiger partial charge in [-0.25, -0.2) is 0 Å². The van der Waals surface area contributed by atoms with Crippen molar-refractivity contribution in [3.05, 3.63) is 29.8 Å². The average molecular weight is 318 g/mol. The Bertz CT molecular complexity index is 412. The van der Waals surface area contributed by atoms with E-state index < -0.39 is 0 Å². The first-order valence-electron chi connectivity index (χ1n) is 9.83. The van der Waals surface area contributed by atoms with Crippen LogP contribution in [0.15, 0.2) is 24.3 Å². The highest BCUT2D eigenvalue weighted by Gasteiger charge is 2.10. The van der Waals surface area contributed by atoms with Crippen molar-refractivity contribution in [3.8, 4) is 5.75 Å². The molecule has 1 aromatic rings. The van der Waals surface area contributed by atoms with Crippen molar-refractivity contribution >= 4 is 0 Å². The highest BCUT2D eigenvalue weighted by molar-refractivity contribution is 5.33. The molecular weight excluding hydrogens is 282 g/mol. The van der Waals surface area contributed by atoms with Crippen LogP contribution in [0.1, 0.15) is 70.3 Å². The Labute approximate surface area is 143 Å². The molecule has 0 spiro atoms. The number of unbranched alkanes of at least 4 members (excludes halogenated alkanes) is 5. The number of hydrogen-bond acceptors (Lipinski definition) is 2. The van der Waals surface area contributed by atoms with Gasteiger partial charge in [0.1, 0.15) is 12.4 Å². The summed E-state index contributed by atoms with van der Waals surface area (Å²) in [6.07, 6.45) is 13.4. The minimum atomic E-state index is 0.827. The molecule has 1 aliphatic heterocycles. The van der Waals surface area contributed by atoms with Gasteiger partial charge in [-0.2, -0.15) is 0 Å². The minimum absolute atomic E-state index is 0.827. The number of rotatable bonds is 11. The Kier molecular flexibility index (Phi) is 9.16. The molecule has 1 saturated heterocycles. The Morgan fingerprint density at radius 2 is 1.65 bits per heavy atom. The summed E-state index contributed by atoms with van der Waals surface area (Å²) < 4.78 is 6.09. The van der Waals surface area contributed by atoms with Gasteiger partial charge in [0.2, 0.25) is 0 Å². The van der Waals surface area contributed by atoms with Crippen LogP contribution in [0, 0.1) is 0 Å². The molecular formula is C21H35NO. The number of piperidine rings is 1. The number of para-hydroxylation sites is 1. The van der Waals surface area contributed by atoms with Crippen LogP contribution in [0.2, 0.25) is 0 Å². The molecule has 0 amide bonds. The summed E-state index contributed by atoms with van der Waals surface area (Å²) in [5.41, 5.74) is 1.39. The van der Waals surface area contributed by atoms with Gasteiger partial charge in [0, 0.05) is 6.54 Å². The largest absolute Gasteiger partial charge is 0.492 e. The molecule has 2 nitrogen and oxygen atoms in total. The van der Waals surface area contributed by atoms with E-state index in [9.17, 15) is 0 Å². The topological polar surface area (TPSA) is 12.5 Å². The molecule has 1 heterocycles. The van der Waals surface area contributed by atoms with Crippen molar-refractivity contribution in [2.75, 3.05) is 26.2 Å². The Hall–Kier alpha value is -1.02. The zero-order valence-corrected chi connectivity index (χ0v) is 15.1. The van der Waals surface area contributed by atoms with Crippen LogP contribution in [-0.2, 0) is 6.42 Å². The third kappa shape index (κ3) is 7.39. The number of aryl methyl sites for hydroxylation is 1. The predicted molar refractivity (Wildman–Crippen MR) is 99.3 cm³/mol. The lowest BCUT2D eigenvalue weighted by atomic mass is 10.0. The van der Waals surface area contributed by atoms with Gasteiger partial charge in [-0.15, -0.1) is 0 Å². The molecule has 130 valence electrons. The summed E-state index contributed by atoms with van der Waals surface area (Å²) in [5, 5.41) is 0. The first-order chi connectivity index (χ1) is 11.4. The fourth-order valence-electron chi connectivity index (χ4n) is 3.41. The SMILES string of the molecule is CCCCCCCCc1ccccc1OCCN1CCCCC1. The summed E-state index contributed by atoms with van der Waals surface area (Å²) in [4.78, 5) is 2.54. The highest BCUT2D eigenvalue weighted by atomic mass is 16.5. The normalized spacial score (nSPS) is 15.7. The van der Waals surface area contributed by atoms with Crippen molar-refractivity contribution in [3.63, 3.8) is 0 Å². The van der Waals surface area contributed by atoms with Crippen molar-refractivity contribution < 1.29 is 4.74 Å². The van der Waals surface area contributed by atoms with Crippen LogP contribution in [0.25, 0.3) is 0 Å². The maximum atomic E-state index is 6.09. The van der Waals surface area contributed by atoms with Crippen LogP contribution in [0.5, 0.6) is 5.75 Å². The van der Waals surface area contributed by atoms with Gasteiger partial charge >= 0.3 is 0 Å². The van der Waals surface area contributed by atoms with Crippen LogP contribution >= 0.6 is 0 Å². The fourth-order valence-corrected chi connectivity index (χ4v) is 3.41. The Morgan fingerprint density at radius 1 is 0.913 bits per heavy atom. The summed E-state index contributed by atoms with van der Waals surface area (Å²) >= 11 is 0. The summed E-state index contributed by atoms with van der Waals surface area (Å²) in [5.74, 6) is 1.11. The number of likely N-dealkylation sites (tertiary alicyclic amines) is 1. The van der Waals surface area contributed by atoms with E-state index in [1.807, 2.05) is 0 Å². The number of nitrogens with zero attached hydrogens (tertiary/aromatic N) is 1. The van der Waals surface area contributed by atoms with Crippen molar-refractivity contribution in [1.82, 2.24) is 4.90 Å². The molecule has 0 bridgehead atoms. The molecule has 1 fully saturated rings. The second kappa shape index (κ2) is 11.5. The molecule has 0 aliphatic carbocycles. The Balaban J connectivity index is 1.67. The van der Waals surface area contributed by atoms with E-state index in [0.717, 1.165) is 25.3 Å². The lowest BCUT2D eigenvalue weighted by Crippen LogP contribution is -2.33. The molecule has 23 heavy (non-hydrogen) atoms. The third-order valence-corrected chi connectivity index (χ3v) is 4.89. The lowest BCUT2D eigenvalue weighted by molar-refractivity contribution is 0.182. The molecule has 0 saturated carbocycles. The minimum Gasteiger partial charge on any atom is -0.492 e. The van der Waals surface area contributed by atoms with Crippen LogP contribution < -0.4 is 4.74 Å². The molecule has 0 atom stereocenters. The molecule has 1 aromatic carbocycles. The van der Waals surface area contributed by atoms with Gasteiger partial charge < -0.3 is 4.74 Å². The van der Waals surface area contributed by atoms with E-state index in [0.29, 0.717) is 0 Å². The molecule has 2 rings (SSSR count). The summed E-state index contributed by atoms with van der Waals surface area (Å²) in [7, 11) is 0. The van der Waals surface area contributed by atoms with Crippen molar-refractivity contribution in [2.24, 2.45) is 0 Å². The van der Waals surface area contributed by atoms with Crippen molar-refractivity contribution in [2.45, 2.75) is 71.1 Å². The van der Waals surface area contributed by atoms with E-state index in [-0.39, 0.29) is 0 Å². The summed E-state index contributed by atoms with van der Waals surface area (Å²) in [6, 6.07) is 8.62. The predicted octanol–water partition coefficient (Wildman–Crippen LogP) is 5.45. The van der Waals surface area contributed by atoms with Crippen molar-refractivity contribution in [1.29, 1.82) is 0 Å². The molecule has 0 unspecified atom stereocenters. The van der Waals surface area contributed by atoms with E-state index in [4.69, 9.17) is 4.74 Å². The first kappa shape index (κ1) is 18.3. The maximum Gasteiger partial charge on any atom is 0.122 e. The van der Waals surface area contributed by atoms with E-state index in [1.165, 1.54) is 76.4 Å². The maximum absolute atomic E-state index is 6.09. The third-order valence-electron chi connectivity index (χ3n) is 4.89. The van der Waals surface area contributed by atoms with Crippen LogP contribution in [0.3, 0.4) is 0 Å². The zero-order valence-electron chi connectivity index (χ0n) is 15.1. The van der Waals surface area contributed by atoms with Gasteiger partial charge in [-0.1, -0.05) is 63.6 Å². The smallest absolute Gasteiger partial charge is 0.122 e. The lowest BCUT2D eigenvalue weighted by Gasteiger charge is -2.26. The van der Waals surface area contributed by atoms with Gasteiger partial charge in [0.25, 0.3) is 0 Å². The van der Waals surface area contributed by atoms with E-state index >= 15 is 0 Å². The molecule has 1 aliphatic rings.